The second-order valence-electron chi connectivity index (χ2n) is 19.4. The molecule has 2 heterocycles. The number of para-hydroxylation sites is 3. The minimum absolute atomic E-state index is 0.00953. The zero-order valence-electron chi connectivity index (χ0n) is 41.0. The van der Waals surface area contributed by atoms with Gasteiger partial charge in [-0.3, -0.25) is 0 Å². The third-order valence-electron chi connectivity index (χ3n) is 15.0. The SMILES string of the molecule is Cc1cc(N(c2ccccc2)c2ccccc2)cc(N2c3cc(C)ccc3B3c4ccccc4N(c4ccc(C(c5ccccc5)(c5ccccc5)c5ccccc5)cc4)c4cc(-c5ccccc5)cc2c43)c1. The number of aryl methyl sites for hydroxylation is 2. The van der Waals surface area contributed by atoms with Gasteiger partial charge in [0.25, 0.3) is 6.71 Å². The molecule has 0 amide bonds. The van der Waals surface area contributed by atoms with Crippen molar-refractivity contribution in [3.63, 3.8) is 0 Å². The standard InChI is InChI=1S/C69H52BN3/c1-49-37-42-63-65(45-49)73(61-44-50(2)43-60(48-61)71(57-31-17-7-18-32-57)58-33-19-8-20-34-58)67-47-52(51-23-9-3-10-24-51)46-66-68(67)70(63)62-35-21-22-36-64(62)72(66)59-40-38-56(39-41-59)69(53-25-11-4-12-26-53,54-27-13-5-14-28-54)55-29-15-6-16-30-55/h3-48H,1-2H3. The molecule has 2 aliphatic heterocycles. The van der Waals surface area contributed by atoms with Gasteiger partial charge in [-0.2, -0.15) is 0 Å². The van der Waals surface area contributed by atoms with Gasteiger partial charge >= 0.3 is 0 Å². The van der Waals surface area contributed by atoms with Crippen molar-refractivity contribution in [3.05, 3.63) is 312 Å². The highest BCUT2D eigenvalue weighted by Crippen LogP contribution is 2.50. The Labute approximate surface area is 429 Å². The molecule has 0 aromatic heterocycles. The Hall–Kier alpha value is -9.12. The fraction of sp³-hybridized carbons (Fsp3) is 0.0435. The van der Waals surface area contributed by atoms with Crippen molar-refractivity contribution >= 4 is 74.3 Å². The molecule has 4 heteroatoms. The third-order valence-corrected chi connectivity index (χ3v) is 15.0. The molecule has 0 unspecified atom stereocenters. The van der Waals surface area contributed by atoms with Crippen molar-refractivity contribution in [2.24, 2.45) is 0 Å². The van der Waals surface area contributed by atoms with Gasteiger partial charge in [-0.15, -0.1) is 0 Å². The Balaban J connectivity index is 1.05. The highest BCUT2D eigenvalue weighted by Gasteiger charge is 2.44. The minimum Gasteiger partial charge on any atom is -0.311 e. The molecule has 0 bridgehead atoms. The zero-order chi connectivity index (χ0) is 48.9. The number of fused-ring (bicyclic) bond motifs is 4. The Bertz CT molecular complexity index is 3620. The van der Waals surface area contributed by atoms with Crippen molar-refractivity contribution in [3.8, 4) is 11.1 Å². The fourth-order valence-corrected chi connectivity index (χ4v) is 11.9. The van der Waals surface area contributed by atoms with Crippen LogP contribution < -0.4 is 31.1 Å². The average molecular weight is 934 g/mol. The van der Waals surface area contributed by atoms with E-state index in [0.717, 1.165) is 34.0 Å². The topological polar surface area (TPSA) is 9.72 Å². The van der Waals surface area contributed by atoms with E-state index in [0.29, 0.717) is 0 Å². The third kappa shape index (κ3) is 7.45. The van der Waals surface area contributed by atoms with Crippen LogP contribution in [0.4, 0.5) is 51.2 Å². The largest absolute Gasteiger partial charge is 0.311 e. The van der Waals surface area contributed by atoms with Gasteiger partial charge in [-0.25, -0.2) is 0 Å². The fourth-order valence-electron chi connectivity index (χ4n) is 11.9. The molecular weight excluding hydrogens is 882 g/mol. The van der Waals surface area contributed by atoms with E-state index in [-0.39, 0.29) is 6.71 Å². The molecule has 11 aromatic carbocycles. The summed E-state index contributed by atoms with van der Waals surface area (Å²) in [6, 6.07) is 103. The molecule has 0 radical (unpaired) electrons. The van der Waals surface area contributed by atoms with E-state index in [2.05, 4.69) is 308 Å². The van der Waals surface area contributed by atoms with Gasteiger partial charge in [0.2, 0.25) is 0 Å². The summed E-state index contributed by atoms with van der Waals surface area (Å²) in [6.45, 7) is 4.44. The Morgan fingerprint density at radius 1 is 0.315 bits per heavy atom. The van der Waals surface area contributed by atoms with E-state index in [1.165, 1.54) is 78.1 Å². The Morgan fingerprint density at radius 2 is 0.781 bits per heavy atom. The maximum Gasteiger partial charge on any atom is 0.252 e. The van der Waals surface area contributed by atoms with Crippen molar-refractivity contribution in [1.82, 2.24) is 0 Å². The van der Waals surface area contributed by atoms with Gasteiger partial charge in [-0.1, -0.05) is 200 Å². The predicted octanol–water partition coefficient (Wildman–Crippen LogP) is 15.9. The van der Waals surface area contributed by atoms with Crippen LogP contribution in [-0.2, 0) is 5.41 Å². The molecule has 0 saturated carbocycles. The predicted molar refractivity (Wildman–Crippen MR) is 308 cm³/mol. The highest BCUT2D eigenvalue weighted by molar-refractivity contribution is 7.00. The molecule has 11 aromatic rings. The first kappa shape index (κ1) is 43.9. The molecule has 0 N–H and O–H groups in total. The number of nitrogens with zero attached hydrogens (tertiary/aromatic N) is 3. The quantitative estimate of drug-likeness (QED) is 0.0999. The molecule has 73 heavy (non-hydrogen) atoms. The summed E-state index contributed by atoms with van der Waals surface area (Å²) in [5, 5.41) is 0. The van der Waals surface area contributed by atoms with Crippen molar-refractivity contribution in [2.75, 3.05) is 14.7 Å². The van der Waals surface area contributed by atoms with Crippen molar-refractivity contribution < 1.29 is 0 Å². The van der Waals surface area contributed by atoms with Gasteiger partial charge in [0, 0.05) is 51.2 Å². The van der Waals surface area contributed by atoms with Crippen LogP contribution >= 0.6 is 0 Å². The summed E-state index contributed by atoms with van der Waals surface area (Å²) >= 11 is 0. The molecule has 3 nitrogen and oxygen atoms in total. The minimum atomic E-state index is -0.564. The van der Waals surface area contributed by atoms with E-state index in [1.54, 1.807) is 0 Å². The smallest absolute Gasteiger partial charge is 0.252 e. The summed E-state index contributed by atoms with van der Waals surface area (Å²) in [5.74, 6) is 0. The van der Waals surface area contributed by atoms with Gasteiger partial charge < -0.3 is 14.7 Å². The van der Waals surface area contributed by atoms with Crippen molar-refractivity contribution in [1.29, 1.82) is 0 Å². The maximum atomic E-state index is 2.55. The van der Waals surface area contributed by atoms with Crippen LogP contribution in [0.15, 0.2) is 279 Å². The lowest BCUT2D eigenvalue weighted by Gasteiger charge is -2.45. The molecule has 346 valence electrons. The summed E-state index contributed by atoms with van der Waals surface area (Å²) in [7, 11) is 0. The summed E-state index contributed by atoms with van der Waals surface area (Å²) in [4.78, 5) is 7.46. The lowest BCUT2D eigenvalue weighted by atomic mass is 9.33. The molecule has 13 rings (SSSR count). The number of rotatable bonds is 10. The summed E-state index contributed by atoms with van der Waals surface area (Å²) in [5.41, 5.74) is 23.2. The van der Waals surface area contributed by atoms with Crippen LogP contribution in [0, 0.1) is 13.8 Å². The van der Waals surface area contributed by atoms with Crippen LogP contribution in [-0.4, -0.2) is 6.71 Å². The average Bonchev–Trinajstić information content (AvgIpc) is 3.45. The first-order valence-electron chi connectivity index (χ1n) is 25.4. The molecule has 0 fully saturated rings. The normalized spacial score (nSPS) is 12.4. The van der Waals surface area contributed by atoms with Crippen LogP contribution in [0.2, 0.25) is 0 Å². The lowest BCUT2D eigenvalue weighted by Crippen LogP contribution is -2.61. The summed E-state index contributed by atoms with van der Waals surface area (Å²) < 4.78 is 0. The molecule has 0 spiro atoms. The molecular formula is C69H52BN3. The van der Waals surface area contributed by atoms with Crippen LogP contribution in [0.1, 0.15) is 33.4 Å². The molecule has 0 aliphatic carbocycles. The van der Waals surface area contributed by atoms with Gasteiger partial charge in [-0.05, 0) is 154 Å². The van der Waals surface area contributed by atoms with Crippen LogP contribution in [0.5, 0.6) is 0 Å². The molecule has 0 saturated heterocycles. The Morgan fingerprint density at radius 3 is 1.34 bits per heavy atom. The maximum absolute atomic E-state index is 2.55. The van der Waals surface area contributed by atoms with E-state index in [1.807, 2.05) is 0 Å². The number of hydrogen-bond donors (Lipinski definition) is 0. The number of hydrogen-bond acceptors (Lipinski definition) is 3. The van der Waals surface area contributed by atoms with E-state index in [4.69, 9.17) is 0 Å². The van der Waals surface area contributed by atoms with E-state index < -0.39 is 5.41 Å². The molecule has 2 aliphatic rings. The van der Waals surface area contributed by atoms with E-state index in [9.17, 15) is 0 Å². The van der Waals surface area contributed by atoms with Crippen LogP contribution in [0.25, 0.3) is 11.1 Å². The van der Waals surface area contributed by atoms with Crippen LogP contribution in [0.3, 0.4) is 0 Å². The second-order valence-corrected chi connectivity index (χ2v) is 19.4. The lowest BCUT2D eigenvalue weighted by molar-refractivity contribution is 0.745. The van der Waals surface area contributed by atoms with Crippen molar-refractivity contribution in [2.45, 2.75) is 19.3 Å². The summed E-state index contributed by atoms with van der Waals surface area (Å²) in [6.07, 6.45) is 0. The van der Waals surface area contributed by atoms with Gasteiger partial charge in [0.15, 0.2) is 0 Å². The second kappa shape index (κ2) is 18.2. The first-order chi connectivity index (χ1) is 36.0. The number of benzene rings is 11. The first-order valence-corrected chi connectivity index (χ1v) is 25.4. The Kier molecular flexibility index (Phi) is 11.0. The molecule has 0 atom stereocenters. The van der Waals surface area contributed by atoms with Gasteiger partial charge in [0.05, 0.1) is 5.41 Å². The zero-order valence-corrected chi connectivity index (χ0v) is 41.0. The van der Waals surface area contributed by atoms with E-state index >= 15 is 0 Å². The van der Waals surface area contributed by atoms with Gasteiger partial charge in [0.1, 0.15) is 0 Å². The monoisotopic (exact) mass is 933 g/mol. The highest BCUT2D eigenvalue weighted by atomic mass is 15.2. The number of anilines is 9.